The SMILES string of the molecule is O=C(OCc1ccc([N+](=O)[O-])cc1)C1CCCN1S(=O)(=O)c1ccc2c(c1)CN(C(=O)C(F)(F)F)CC2. The molecule has 37 heavy (non-hydrogen) atoms. The van der Waals surface area contributed by atoms with Gasteiger partial charge in [0, 0.05) is 31.8 Å². The summed E-state index contributed by atoms with van der Waals surface area (Å²) in [5, 5.41) is 10.8. The monoisotopic (exact) mass is 541 g/mol. The number of hydrogen-bond donors (Lipinski definition) is 0. The molecule has 0 aliphatic carbocycles. The van der Waals surface area contributed by atoms with Crippen LogP contribution in [0.5, 0.6) is 0 Å². The van der Waals surface area contributed by atoms with Crippen molar-refractivity contribution in [1.29, 1.82) is 0 Å². The molecular formula is C23H22F3N3O7S. The predicted octanol–water partition coefficient (Wildman–Crippen LogP) is 2.94. The molecule has 1 atom stereocenters. The molecule has 2 aromatic rings. The van der Waals surface area contributed by atoms with Crippen LogP contribution in [-0.2, 0) is 43.9 Å². The lowest BCUT2D eigenvalue weighted by atomic mass is 10.00. The molecule has 2 aromatic carbocycles. The van der Waals surface area contributed by atoms with Gasteiger partial charge in [0.05, 0.1) is 9.82 Å². The van der Waals surface area contributed by atoms with Crippen molar-refractivity contribution in [2.75, 3.05) is 13.1 Å². The van der Waals surface area contributed by atoms with E-state index in [1.54, 1.807) is 0 Å². The number of ether oxygens (including phenoxy) is 1. The Morgan fingerprint density at radius 1 is 1.08 bits per heavy atom. The van der Waals surface area contributed by atoms with Crippen molar-refractivity contribution in [3.63, 3.8) is 0 Å². The lowest BCUT2D eigenvalue weighted by Gasteiger charge is -2.30. The fraction of sp³-hybridized carbons (Fsp3) is 0.391. The molecule has 1 amide bonds. The van der Waals surface area contributed by atoms with Gasteiger partial charge in [-0.1, -0.05) is 6.07 Å². The Labute approximate surface area is 209 Å². The topological polar surface area (TPSA) is 127 Å². The van der Waals surface area contributed by atoms with Crippen LogP contribution in [0.3, 0.4) is 0 Å². The Hall–Kier alpha value is -3.52. The van der Waals surface area contributed by atoms with E-state index in [0.717, 1.165) is 4.31 Å². The normalized spacial score (nSPS) is 18.4. The second-order valence-corrected chi connectivity index (χ2v) is 10.6. The van der Waals surface area contributed by atoms with Crippen LogP contribution in [0.1, 0.15) is 29.5 Å². The van der Waals surface area contributed by atoms with Gasteiger partial charge in [0.2, 0.25) is 10.0 Å². The number of rotatable bonds is 6. The number of hydrogen-bond acceptors (Lipinski definition) is 7. The molecular weight excluding hydrogens is 519 g/mol. The zero-order valence-electron chi connectivity index (χ0n) is 19.3. The summed E-state index contributed by atoms with van der Waals surface area (Å²) in [4.78, 5) is 35.0. The highest BCUT2D eigenvalue weighted by molar-refractivity contribution is 7.89. The molecule has 1 fully saturated rings. The summed E-state index contributed by atoms with van der Waals surface area (Å²) in [5.41, 5.74) is 1.30. The molecule has 0 saturated carbocycles. The van der Waals surface area contributed by atoms with Crippen LogP contribution in [0.15, 0.2) is 47.4 Å². The van der Waals surface area contributed by atoms with Crippen LogP contribution in [0.4, 0.5) is 18.9 Å². The van der Waals surface area contributed by atoms with Gasteiger partial charge in [-0.15, -0.1) is 0 Å². The van der Waals surface area contributed by atoms with Gasteiger partial charge < -0.3 is 9.64 Å². The number of sulfonamides is 1. The standard InChI is InChI=1S/C23H22F3N3O7S/c24-23(25,26)22(31)27-11-9-16-5-8-19(12-17(16)13-27)37(34,35)28-10-1-2-20(28)21(30)36-14-15-3-6-18(7-4-15)29(32)33/h3-8,12,20H,1-2,9-11,13-14H2. The third-order valence-corrected chi connectivity index (χ3v) is 8.23. The zero-order valence-corrected chi connectivity index (χ0v) is 20.1. The first-order chi connectivity index (χ1) is 17.4. The van der Waals surface area contributed by atoms with E-state index in [1.165, 1.54) is 42.5 Å². The highest BCUT2D eigenvalue weighted by Gasteiger charge is 2.44. The van der Waals surface area contributed by atoms with E-state index in [2.05, 4.69) is 0 Å². The van der Waals surface area contributed by atoms with Gasteiger partial charge in [0.1, 0.15) is 12.6 Å². The first kappa shape index (κ1) is 26.5. The van der Waals surface area contributed by atoms with Crippen molar-refractivity contribution in [3.05, 3.63) is 69.3 Å². The molecule has 0 aromatic heterocycles. The largest absolute Gasteiger partial charge is 0.471 e. The van der Waals surface area contributed by atoms with Crippen molar-refractivity contribution < 1.29 is 40.8 Å². The number of esters is 1. The zero-order chi connectivity index (χ0) is 27.0. The molecule has 0 N–H and O–H groups in total. The van der Waals surface area contributed by atoms with E-state index in [9.17, 15) is 41.3 Å². The number of carbonyl (C=O) groups is 2. The molecule has 0 radical (unpaired) electrons. The van der Waals surface area contributed by atoms with Crippen molar-refractivity contribution >= 4 is 27.6 Å². The minimum atomic E-state index is -5.03. The number of fused-ring (bicyclic) bond motifs is 1. The van der Waals surface area contributed by atoms with E-state index in [-0.39, 0.29) is 49.7 Å². The van der Waals surface area contributed by atoms with E-state index in [0.29, 0.717) is 28.0 Å². The average Bonchev–Trinajstić information content (AvgIpc) is 3.37. The molecule has 4 rings (SSSR count). The molecule has 1 saturated heterocycles. The van der Waals surface area contributed by atoms with Gasteiger partial charge in [0.25, 0.3) is 5.69 Å². The number of nitro benzene ring substituents is 1. The quantitative estimate of drug-likeness (QED) is 0.313. The maximum atomic E-state index is 13.4. The number of amides is 1. The van der Waals surface area contributed by atoms with Crippen LogP contribution >= 0.6 is 0 Å². The molecule has 2 aliphatic heterocycles. The third-order valence-electron chi connectivity index (χ3n) is 6.33. The maximum Gasteiger partial charge on any atom is 0.471 e. The van der Waals surface area contributed by atoms with Gasteiger partial charge >= 0.3 is 18.1 Å². The Morgan fingerprint density at radius 2 is 1.78 bits per heavy atom. The lowest BCUT2D eigenvalue weighted by Crippen LogP contribution is -2.44. The molecule has 10 nitrogen and oxygen atoms in total. The fourth-order valence-electron chi connectivity index (χ4n) is 4.41. The number of halogens is 3. The first-order valence-electron chi connectivity index (χ1n) is 11.3. The predicted molar refractivity (Wildman–Crippen MR) is 121 cm³/mol. The van der Waals surface area contributed by atoms with Crippen LogP contribution in [0, 0.1) is 10.1 Å². The number of benzene rings is 2. The Morgan fingerprint density at radius 3 is 2.43 bits per heavy atom. The van der Waals surface area contributed by atoms with Crippen molar-refractivity contribution in [2.24, 2.45) is 0 Å². The summed E-state index contributed by atoms with van der Waals surface area (Å²) >= 11 is 0. The third kappa shape index (κ3) is 5.59. The number of nitro groups is 1. The van der Waals surface area contributed by atoms with Crippen molar-refractivity contribution in [3.8, 4) is 0 Å². The van der Waals surface area contributed by atoms with Crippen LogP contribution < -0.4 is 0 Å². The summed E-state index contributed by atoms with van der Waals surface area (Å²) < 4.78 is 71.6. The Kier molecular flexibility index (Phi) is 7.24. The molecule has 1 unspecified atom stereocenters. The lowest BCUT2D eigenvalue weighted by molar-refractivity contribution is -0.384. The summed E-state index contributed by atoms with van der Waals surface area (Å²) in [6.07, 6.45) is -4.26. The molecule has 14 heteroatoms. The highest BCUT2D eigenvalue weighted by Crippen LogP contribution is 2.31. The Bertz CT molecular complexity index is 1330. The minimum absolute atomic E-state index is 0.0510. The summed E-state index contributed by atoms with van der Waals surface area (Å²) in [6, 6.07) is 8.37. The van der Waals surface area contributed by atoms with E-state index < -0.39 is 39.0 Å². The number of non-ortho nitro benzene ring substituents is 1. The van der Waals surface area contributed by atoms with Gasteiger partial charge in [-0.3, -0.25) is 19.7 Å². The van der Waals surface area contributed by atoms with Crippen molar-refractivity contribution in [2.45, 2.75) is 49.5 Å². The molecule has 0 spiro atoms. The summed E-state index contributed by atoms with van der Waals surface area (Å²) in [5.74, 6) is -2.76. The maximum absolute atomic E-state index is 13.4. The first-order valence-corrected chi connectivity index (χ1v) is 12.7. The second-order valence-electron chi connectivity index (χ2n) is 8.71. The molecule has 2 heterocycles. The minimum Gasteiger partial charge on any atom is -0.460 e. The molecule has 198 valence electrons. The van der Waals surface area contributed by atoms with Crippen LogP contribution in [-0.4, -0.2) is 59.7 Å². The van der Waals surface area contributed by atoms with Gasteiger partial charge in [0.15, 0.2) is 0 Å². The van der Waals surface area contributed by atoms with E-state index in [4.69, 9.17) is 4.74 Å². The smallest absolute Gasteiger partial charge is 0.460 e. The number of alkyl halides is 3. The second kappa shape index (κ2) is 10.1. The summed E-state index contributed by atoms with van der Waals surface area (Å²) in [7, 11) is -4.20. The summed E-state index contributed by atoms with van der Waals surface area (Å²) in [6.45, 7) is -0.664. The fourth-order valence-corrected chi connectivity index (χ4v) is 6.11. The highest BCUT2D eigenvalue weighted by atomic mass is 32.2. The molecule has 2 aliphatic rings. The van der Waals surface area contributed by atoms with Crippen LogP contribution in [0.2, 0.25) is 0 Å². The number of nitrogens with zero attached hydrogens (tertiary/aromatic N) is 3. The van der Waals surface area contributed by atoms with Crippen molar-refractivity contribution in [1.82, 2.24) is 9.21 Å². The van der Waals surface area contributed by atoms with E-state index in [1.807, 2.05) is 0 Å². The van der Waals surface area contributed by atoms with E-state index >= 15 is 0 Å². The Balaban J connectivity index is 1.48. The van der Waals surface area contributed by atoms with Crippen LogP contribution in [0.25, 0.3) is 0 Å². The van der Waals surface area contributed by atoms with Gasteiger partial charge in [-0.2, -0.15) is 17.5 Å². The van der Waals surface area contributed by atoms with Gasteiger partial charge in [-0.25, -0.2) is 8.42 Å². The average molecular weight is 542 g/mol. The van der Waals surface area contributed by atoms with Gasteiger partial charge in [-0.05, 0) is 60.2 Å². The molecule has 0 bridgehead atoms. The number of carbonyl (C=O) groups excluding carboxylic acids is 2.